The van der Waals surface area contributed by atoms with Crippen molar-refractivity contribution in [2.24, 2.45) is 21.9 Å². The summed E-state index contributed by atoms with van der Waals surface area (Å²) in [6, 6.07) is 5.65. The van der Waals surface area contributed by atoms with E-state index in [0.717, 1.165) is 24.1 Å². The van der Waals surface area contributed by atoms with E-state index in [1.54, 1.807) is 7.11 Å². The van der Waals surface area contributed by atoms with Gasteiger partial charge in [0.1, 0.15) is 11.6 Å². The first-order chi connectivity index (χ1) is 8.65. The van der Waals surface area contributed by atoms with Crippen LogP contribution < -0.4 is 10.5 Å². The van der Waals surface area contributed by atoms with E-state index in [-0.39, 0.29) is 0 Å². The van der Waals surface area contributed by atoms with Crippen LogP contribution in [-0.2, 0) is 0 Å². The van der Waals surface area contributed by atoms with Gasteiger partial charge >= 0.3 is 0 Å². The summed E-state index contributed by atoms with van der Waals surface area (Å²) >= 11 is 6.13. The first kappa shape index (κ1) is 12.9. The zero-order chi connectivity index (χ0) is 13.1. The SMILES string of the molecule is CCC1CC(N)=NN=C1c1ccc(OC)c(Cl)c1. The topological polar surface area (TPSA) is 60.0 Å². The molecule has 1 aromatic carbocycles. The predicted octanol–water partition coefficient (Wildman–Crippen LogP) is 2.84. The Labute approximate surface area is 111 Å². The van der Waals surface area contributed by atoms with Crippen LogP contribution in [0.3, 0.4) is 0 Å². The lowest BCUT2D eigenvalue weighted by molar-refractivity contribution is 0.415. The zero-order valence-electron chi connectivity index (χ0n) is 10.5. The molecule has 0 aromatic heterocycles. The average molecular weight is 266 g/mol. The van der Waals surface area contributed by atoms with Gasteiger partial charge in [-0.25, -0.2) is 0 Å². The molecule has 1 heterocycles. The lowest BCUT2D eigenvalue weighted by Crippen LogP contribution is -2.26. The van der Waals surface area contributed by atoms with Gasteiger partial charge in [0.05, 0.1) is 17.8 Å². The second kappa shape index (κ2) is 5.40. The van der Waals surface area contributed by atoms with Crippen molar-refractivity contribution in [1.29, 1.82) is 0 Å². The van der Waals surface area contributed by atoms with E-state index in [2.05, 4.69) is 17.1 Å². The molecule has 1 aliphatic rings. The van der Waals surface area contributed by atoms with Gasteiger partial charge in [0, 0.05) is 12.3 Å². The molecule has 0 saturated carbocycles. The Hall–Kier alpha value is -1.55. The van der Waals surface area contributed by atoms with E-state index in [1.165, 1.54) is 0 Å². The van der Waals surface area contributed by atoms with Gasteiger partial charge in [-0.15, -0.1) is 5.10 Å². The fourth-order valence-electron chi connectivity index (χ4n) is 2.05. The minimum Gasteiger partial charge on any atom is -0.495 e. The van der Waals surface area contributed by atoms with Crippen LogP contribution in [0, 0.1) is 5.92 Å². The number of nitrogens with zero attached hydrogens (tertiary/aromatic N) is 2. The van der Waals surface area contributed by atoms with Crippen LogP contribution in [0.2, 0.25) is 5.02 Å². The fraction of sp³-hybridized carbons (Fsp3) is 0.385. The number of nitrogens with two attached hydrogens (primary N) is 1. The number of methoxy groups -OCH3 is 1. The quantitative estimate of drug-likeness (QED) is 0.914. The van der Waals surface area contributed by atoms with Crippen LogP contribution >= 0.6 is 11.6 Å². The number of halogens is 1. The van der Waals surface area contributed by atoms with Gasteiger partial charge in [-0.3, -0.25) is 0 Å². The lowest BCUT2D eigenvalue weighted by Gasteiger charge is -2.20. The smallest absolute Gasteiger partial charge is 0.137 e. The van der Waals surface area contributed by atoms with Crippen LogP contribution in [0.5, 0.6) is 5.75 Å². The molecule has 0 aliphatic carbocycles. The standard InChI is InChI=1S/C13H16ClN3O/c1-3-8-7-12(15)16-17-13(8)9-4-5-11(18-2)10(14)6-9/h4-6,8H,3,7H2,1-2H3,(H2,15,16). The molecule has 0 radical (unpaired) electrons. The highest BCUT2D eigenvalue weighted by atomic mass is 35.5. The van der Waals surface area contributed by atoms with Gasteiger partial charge in [-0.05, 0) is 30.2 Å². The fourth-order valence-corrected chi connectivity index (χ4v) is 2.30. The van der Waals surface area contributed by atoms with Crippen molar-refractivity contribution in [3.05, 3.63) is 28.8 Å². The van der Waals surface area contributed by atoms with Crippen LogP contribution in [-0.4, -0.2) is 18.7 Å². The van der Waals surface area contributed by atoms with Gasteiger partial charge in [0.15, 0.2) is 0 Å². The van der Waals surface area contributed by atoms with Crippen molar-refractivity contribution in [1.82, 2.24) is 0 Å². The number of hydrogen-bond acceptors (Lipinski definition) is 4. The van der Waals surface area contributed by atoms with E-state index in [1.807, 2.05) is 18.2 Å². The Balaban J connectivity index is 2.38. The Bertz CT molecular complexity index is 511. The lowest BCUT2D eigenvalue weighted by atomic mass is 9.90. The maximum Gasteiger partial charge on any atom is 0.137 e. The first-order valence-corrected chi connectivity index (χ1v) is 6.27. The number of hydrogen-bond donors (Lipinski definition) is 1. The third-order valence-corrected chi connectivity index (χ3v) is 3.36. The summed E-state index contributed by atoms with van der Waals surface area (Å²) in [5.74, 6) is 1.55. The highest BCUT2D eigenvalue weighted by molar-refractivity contribution is 6.32. The minimum absolute atomic E-state index is 0.298. The Morgan fingerprint density at radius 2 is 2.22 bits per heavy atom. The predicted molar refractivity (Wildman–Crippen MR) is 74.6 cm³/mol. The molecule has 0 spiro atoms. The van der Waals surface area contributed by atoms with Crippen LogP contribution in [0.4, 0.5) is 0 Å². The monoisotopic (exact) mass is 265 g/mol. The maximum absolute atomic E-state index is 6.13. The van der Waals surface area contributed by atoms with Gasteiger partial charge in [-0.2, -0.15) is 5.10 Å². The third kappa shape index (κ3) is 2.48. The van der Waals surface area contributed by atoms with Crippen molar-refractivity contribution in [3.8, 4) is 5.75 Å². The van der Waals surface area contributed by atoms with Crippen molar-refractivity contribution in [2.75, 3.05) is 7.11 Å². The second-order valence-corrected chi connectivity index (χ2v) is 4.64. The molecule has 1 aromatic rings. The van der Waals surface area contributed by atoms with Crippen molar-refractivity contribution < 1.29 is 4.74 Å². The summed E-state index contributed by atoms with van der Waals surface area (Å²) in [5.41, 5.74) is 7.63. The molecule has 2 rings (SSSR count). The number of rotatable bonds is 3. The highest BCUT2D eigenvalue weighted by Crippen LogP contribution is 2.28. The molecule has 4 nitrogen and oxygen atoms in total. The van der Waals surface area contributed by atoms with Gasteiger partial charge in [0.2, 0.25) is 0 Å². The van der Waals surface area contributed by atoms with Crippen LogP contribution in [0.1, 0.15) is 25.3 Å². The largest absolute Gasteiger partial charge is 0.495 e. The second-order valence-electron chi connectivity index (χ2n) is 4.24. The minimum atomic E-state index is 0.298. The van der Waals surface area contributed by atoms with E-state index >= 15 is 0 Å². The molecule has 18 heavy (non-hydrogen) atoms. The van der Waals surface area contributed by atoms with Crippen molar-refractivity contribution >= 4 is 23.1 Å². The molecular weight excluding hydrogens is 250 g/mol. The van der Waals surface area contributed by atoms with E-state index in [9.17, 15) is 0 Å². The molecular formula is C13H16ClN3O. The highest BCUT2D eigenvalue weighted by Gasteiger charge is 2.21. The molecule has 0 bridgehead atoms. The molecule has 0 fully saturated rings. The first-order valence-electron chi connectivity index (χ1n) is 5.89. The molecule has 1 unspecified atom stereocenters. The summed E-state index contributed by atoms with van der Waals surface area (Å²) in [6.45, 7) is 2.11. The van der Waals surface area contributed by atoms with E-state index in [4.69, 9.17) is 22.1 Å². The van der Waals surface area contributed by atoms with E-state index in [0.29, 0.717) is 22.5 Å². The van der Waals surface area contributed by atoms with Gasteiger partial charge < -0.3 is 10.5 Å². The van der Waals surface area contributed by atoms with Crippen molar-refractivity contribution in [3.63, 3.8) is 0 Å². The molecule has 0 amide bonds. The number of benzene rings is 1. The molecule has 96 valence electrons. The number of amidine groups is 1. The molecule has 5 heteroatoms. The summed E-state index contributed by atoms with van der Waals surface area (Å²) in [7, 11) is 1.60. The van der Waals surface area contributed by atoms with Crippen molar-refractivity contribution in [2.45, 2.75) is 19.8 Å². The summed E-state index contributed by atoms with van der Waals surface area (Å²) in [4.78, 5) is 0. The number of ether oxygens (including phenoxy) is 1. The zero-order valence-corrected chi connectivity index (χ0v) is 11.2. The Morgan fingerprint density at radius 1 is 1.44 bits per heavy atom. The normalized spacial score (nSPS) is 19.2. The molecule has 1 aliphatic heterocycles. The van der Waals surface area contributed by atoms with E-state index < -0.39 is 0 Å². The average Bonchev–Trinajstić information content (AvgIpc) is 2.38. The summed E-state index contributed by atoms with van der Waals surface area (Å²) < 4.78 is 5.14. The molecule has 2 N–H and O–H groups in total. The Morgan fingerprint density at radius 3 is 2.83 bits per heavy atom. The van der Waals surface area contributed by atoms with Crippen LogP contribution in [0.25, 0.3) is 0 Å². The van der Waals surface area contributed by atoms with Crippen LogP contribution in [0.15, 0.2) is 28.4 Å². The third-order valence-electron chi connectivity index (χ3n) is 3.07. The maximum atomic E-state index is 6.13. The van der Waals surface area contributed by atoms with Gasteiger partial charge in [-0.1, -0.05) is 18.5 Å². The summed E-state index contributed by atoms with van der Waals surface area (Å²) in [5, 5.41) is 8.75. The van der Waals surface area contributed by atoms with Gasteiger partial charge in [0.25, 0.3) is 0 Å². The summed E-state index contributed by atoms with van der Waals surface area (Å²) in [6.07, 6.45) is 1.72. The molecule has 0 saturated heterocycles. The molecule has 1 atom stereocenters. The Kier molecular flexibility index (Phi) is 3.87.